The van der Waals surface area contributed by atoms with Crippen molar-refractivity contribution in [3.8, 4) is 0 Å². The second kappa shape index (κ2) is 4.10. The second-order valence-electron chi connectivity index (χ2n) is 8.27. The maximum absolute atomic E-state index is 4.84. The third-order valence-corrected chi connectivity index (χ3v) is 6.53. The van der Waals surface area contributed by atoms with Crippen LogP contribution in [0.4, 0.5) is 0 Å². The number of rotatable bonds is 2. The van der Waals surface area contributed by atoms with Gasteiger partial charge in [-0.15, -0.1) is 5.10 Å². The van der Waals surface area contributed by atoms with Gasteiger partial charge in [-0.25, -0.2) is 14.5 Å². The molecule has 3 aromatic heterocycles. The molecule has 6 nitrogen and oxygen atoms in total. The van der Waals surface area contributed by atoms with E-state index in [9.17, 15) is 0 Å². The summed E-state index contributed by atoms with van der Waals surface area (Å²) in [5.74, 6) is 3.91. The third-order valence-electron chi connectivity index (χ3n) is 6.53. The highest BCUT2D eigenvalue weighted by atomic mass is 15.3. The van der Waals surface area contributed by atoms with Crippen molar-refractivity contribution in [2.75, 3.05) is 0 Å². The Balaban J connectivity index is 1.40. The van der Waals surface area contributed by atoms with Gasteiger partial charge in [0.05, 0.1) is 11.6 Å². The number of H-pyrrole nitrogens is 1. The molecule has 4 aliphatic rings. The molecule has 0 spiro atoms. The monoisotopic (exact) mass is 308 g/mol. The third kappa shape index (κ3) is 1.75. The van der Waals surface area contributed by atoms with E-state index < -0.39 is 0 Å². The summed E-state index contributed by atoms with van der Waals surface area (Å²) in [6.45, 7) is 0. The number of hydrogen-bond donors (Lipinski definition) is 1. The lowest BCUT2D eigenvalue weighted by molar-refractivity contribution is -0.0531. The van der Waals surface area contributed by atoms with Crippen LogP contribution in [-0.4, -0.2) is 29.8 Å². The van der Waals surface area contributed by atoms with Gasteiger partial charge in [-0.3, -0.25) is 5.10 Å². The van der Waals surface area contributed by atoms with Gasteiger partial charge in [-0.05, 0) is 61.7 Å². The standard InChI is InChI=1S/C17H20N6/c1-10-2-12-3-11(1)5-17(4-10,6-12)7-14-20-16-13-8-19-21-15(13)18-9-23(16)22-14/h8-12H,1-7H2,(H,19,21). The van der Waals surface area contributed by atoms with Crippen molar-refractivity contribution in [3.05, 3.63) is 18.3 Å². The summed E-state index contributed by atoms with van der Waals surface area (Å²) in [4.78, 5) is 9.19. The van der Waals surface area contributed by atoms with Crippen LogP contribution in [0.1, 0.15) is 44.3 Å². The van der Waals surface area contributed by atoms with Gasteiger partial charge in [-0.1, -0.05) is 0 Å². The Kier molecular flexibility index (Phi) is 2.22. The SMILES string of the molecule is c1n[nH]c2ncn3nc(CC45CC6CC(CC(C6)C4)C5)nc3c12. The van der Waals surface area contributed by atoms with Gasteiger partial charge in [0.25, 0.3) is 0 Å². The highest BCUT2D eigenvalue weighted by molar-refractivity contribution is 5.87. The van der Waals surface area contributed by atoms with Crippen LogP contribution < -0.4 is 0 Å². The van der Waals surface area contributed by atoms with Crippen LogP contribution in [0.25, 0.3) is 16.7 Å². The minimum Gasteiger partial charge on any atom is -0.261 e. The second-order valence-corrected chi connectivity index (χ2v) is 8.27. The van der Waals surface area contributed by atoms with Gasteiger partial charge in [0.1, 0.15) is 6.33 Å². The van der Waals surface area contributed by atoms with E-state index in [0.717, 1.165) is 46.7 Å². The molecule has 0 unspecified atom stereocenters. The first-order valence-electron chi connectivity index (χ1n) is 8.80. The maximum atomic E-state index is 4.84. The van der Waals surface area contributed by atoms with E-state index in [0.29, 0.717) is 5.41 Å². The number of nitrogens with zero attached hydrogens (tertiary/aromatic N) is 5. The highest BCUT2D eigenvalue weighted by Crippen LogP contribution is 2.60. The van der Waals surface area contributed by atoms with Gasteiger partial charge < -0.3 is 0 Å². The summed E-state index contributed by atoms with van der Waals surface area (Å²) in [5.41, 5.74) is 2.14. The van der Waals surface area contributed by atoms with Crippen LogP contribution in [-0.2, 0) is 6.42 Å². The van der Waals surface area contributed by atoms with Crippen LogP contribution >= 0.6 is 0 Å². The topological polar surface area (TPSA) is 71.8 Å². The predicted octanol–water partition coefficient (Wildman–Crippen LogP) is 2.76. The van der Waals surface area contributed by atoms with Gasteiger partial charge in [0.15, 0.2) is 17.1 Å². The fourth-order valence-electron chi connectivity index (χ4n) is 6.20. The minimum atomic E-state index is 0.475. The molecular formula is C17H20N6. The van der Waals surface area contributed by atoms with E-state index >= 15 is 0 Å². The lowest BCUT2D eigenvalue weighted by Crippen LogP contribution is -2.47. The molecule has 3 heterocycles. The van der Waals surface area contributed by atoms with E-state index in [-0.39, 0.29) is 0 Å². The van der Waals surface area contributed by atoms with Crippen molar-refractivity contribution >= 4 is 16.7 Å². The minimum absolute atomic E-state index is 0.475. The molecule has 1 N–H and O–H groups in total. The van der Waals surface area contributed by atoms with Gasteiger partial charge >= 0.3 is 0 Å². The normalized spacial score (nSPS) is 35.6. The fraction of sp³-hybridized carbons (Fsp3) is 0.647. The van der Waals surface area contributed by atoms with Gasteiger partial charge in [-0.2, -0.15) is 5.10 Å². The van der Waals surface area contributed by atoms with Crippen molar-refractivity contribution < 1.29 is 0 Å². The van der Waals surface area contributed by atoms with Crippen molar-refractivity contribution in [2.24, 2.45) is 23.2 Å². The molecule has 0 aromatic carbocycles. The summed E-state index contributed by atoms with van der Waals surface area (Å²) < 4.78 is 1.81. The Morgan fingerprint density at radius 2 is 1.87 bits per heavy atom. The molecule has 4 bridgehead atoms. The number of fused-ring (bicyclic) bond motifs is 3. The number of hydrogen-bond acceptors (Lipinski definition) is 4. The molecule has 0 aliphatic heterocycles. The molecule has 4 aliphatic carbocycles. The Morgan fingerprint density at radius 1 is 1.13 bits per heavy atom. The van der Waals surface area contributed by atoms with Crippen LogP contribution in [0, 0.1) is 23.2 Å². The number of aromatic amines is 1. The van der Waals surface area contributed by atoms with Crippen molar-refractivity contribution in [1.82, 2.24) is 29.8 Å². The Labute approximate surface area is 133 Å². The molecule has 118 valence electrons. The maximum Gasteiger partial charge on any atom is 0.170 e. The molecule has 0 atom stereocenters. The number of nitrogens with one attached hydrogen (secondary N) is 1. The van der Waals surface area contributed by atoms with E-state index in [1.807, 2.05) is 4.52 Å². The van der Waals surface area contributed by atoms with Crippen LogP contribution in [0.5, 0.6) is 0 Å². The molecular weight excluding hydrogens is 288 g/mol. The fourth-order valence-corrected chi connectivity index (χ4v) is 6.20. The van der Waals surface area contributed by atoms with Crippen LogP contribution in [0.2, 0.25) is 0 Å². The molecule has 4 fully saturated rings. The summed E-state index contributed by atoms with van der Waals surface area (Å²) in [6.07, 6.45) is 13.2. The smallest absolute Gasteiger partial charge is 0.170 e. The quantitative estimate of drug-likeness (QED) is 0.790. The highest BCUT2D eigenvalue weighted by Gasteiger charge is 2.51. The molecule has 7 rings (SSSR count). The van der Waals surface area contributed by atoms with Gasteiger partial charge in [0, 0.05) is 6.42 Å². The Hall–Kier alpha value is -1.98. The average Bonchev–Trinajstić information content (AvgIpc) is 3.09. The van der Waals surface area contributed by atoms with Crippen LogP contribution in [0.3, 0.4) is 0 Å². The first-order chi connectivity index (χ1) is 11.3. The van der Waals surface area contributed by atoms with E-state index in [1.165, 1.54) is 38.5 Å². The lowest BCUT2D eigenvalue weighted by Gasteiger charge is -2.56. The molecule has 3 aromatic rings. The molecule has 4 saturated carbocycles. The summed E-state index contributed by atoms with van der Waals surface area (Å²) in [6, 6.07) is 0. The number of aromatic nitrogens is 6. The van der Waals surface area contributed by atoms with Gasteiger partial charge in [0.2, 0.25) is 0 Å². The largest absolute Gasteiger partial charge is 0.261 e. The first kappa shape index (κ1) is 12.4. The summed E-state index contributed by atoms with van der Waals surface area (Å²) in [5, 5.41) is 12.7. The summed E-state index contributed by atoms with van der Waals surface area (Å²) >= 11 is 0. The Morgan fingerprint density at radius 3 is 2.61 bits per heavy atom. The van der Waals surface area contributed by atoms with Crippen molar-refractivity contribution in [2.45, 2.75) is 44.9 Å². The van der Waals surface area contributed by atoms with Crippen molar-refractivity contribution in [1.29, 1.82) is 0 Å². The Bertz CT molecular complexity index is 871. The molecule has 23 heavy (non-hydrogen) atoms. The van der Waals surface area contributed by atoms with E-state index in [1.54, 1.807) is 12.5 Å². The van der Waals surface area contributed by atoms with E-state index in [2.05, 4.69) is 15.2 Å². The zero-order valence-electron chi connectivity index (χ0n) is 13.1. The predicted molar refractivity (Wildman–Crippen MR) is 84.7 cm³/mol. The molecule has 0 saturated heterocycles. The average molecular weight is 308 g/mol. The van der Waals surface area contributed by atoms with Crippen LogP contribution in [0.15, 0.2) is 12.5 Å². The first-order valence-corrected chi connectivity index (χ1v) is 8.80. The zero-order chi connectivity index (χ0) is 15.0. The zero-order valence-corrected chi connectivity index (χ0v) is 13.1. The molecule has 0 amide bonds. The lowest BCUT2D eigenvalue weighted by atomic mass is 9.49. The van der Waals surface area contributed by atoms with Crippen molar-refractivity contribution in [3.63, 3.8) is 0 Å². The molecule has 6 heteroatoms. The molecule has 0 radical (unpaired) electrons. The van der Waals surface area contributed by atoms with E-state index in [4.69, 9.17) is 10.1 Å². The summed E-state index contributed by atoms with van der Waals surface area (Å²) in [7, 11) is 0.